The molecule has 1 unspecified atom stereocenters. The highest BCUT2D eigenvalue weighted by Gasteiger charge is 2.24. The molecule has 3 rings (SSSR count). The molecule has 1 aliphatic rings. The van der Waals surface area contributed by atoms with E-state index in [4.69, 9.17) is 4.74 Å². The van der Waals surface area contributed by atoms with Crippen molar-refractivity contribution in [2.24, 2.45) is 0 Å². The smallest absolute Gasteiger partial charge is 0.318 e. The number of rotatable bonds is 3. The van der Waals surface area contributed by atoms with Crippen LogP contribution in [0.3, 0.4) is 0 Å². The molecule has 1 fully saturated rings. The number of piperidine rings is 1. The minimum absolute atomic E-state index is 0.414. The summed E-state index contributed by atoms with van der Waals surface area (Å²) in [6.07, 6.45) is 4.11. The van der Waals surface area contributed by atoms with Crippen molar-refractivity contribution in [2.45, 2.75) is 32.6 Å². The van der Waals surface area contributed by atoms with Gasteiger partial charge in [-0.2, -0.15) is 4.98 Å². The van der Waals surface area contributed by atoms with Crippen LogP contribution in [0.15, 0.2) is 18.3 Å². The molecule has 6 nitrogen and oxygen atoms in total. The third-order valence-corrected chi connectivity index (χ3v) is 3.96. The zero-order valence-corrected chi connectivity index (χ0v) is 13.3. The number of hydrogen-bond donors (Lipinski definition) is 0. The van der Waals surface area contributed by atoms with Gasteiger partial charge in [0.25, 0.3) is 0 Å². The fourth-order valence-electron chi connectivity index (χ4n) is 2.91. The first-order valence-electron chi connectivity index (χ1n) is 7.60. The number of aryl methyl sites for hydroxylation is 2. The van der Waals surface area contributed by atoms with E-state index >= 15 is 0 Å². The predicted molar refractivity (Wildman–Crippen MR) is 84.3 cm³/mol. The van der Waals surface area contributed by atoms with Crippen LogP contribution < -0.4 is 9.64 Å². The van der Waals surface area contributed by atoms with Crippen LogP contribution in [0, 0.1) is 13.8 Å². The minimum atomic E-state index is 0.414. The van der Waals surface area contributed by atoms with E-state index in [-0.39, 0.29) is 0 Å². The second-order valence-electron chi connectivity index (χ2n) is 5.67. The van der Waals surface area contributed by atoms with Crippen LogP contribution in [0.1, 0.15) is 36.0 Å². The Kier molecular flexibility index (Phi) is 4.18. The first kappa shape index (κ1) is 14.7. The molecule has 22 heavy (non-hydrogen) atoms. The number of anilines is 1. The highest BCUT2D eigenvalue weighted by atomic mass is 16.5. The van der Waals surface area contributed by atoms with Gasteiger partial charge in [-0.25, -0.2) is 15.0 Å². The molecule has 0 spiro atoms. The molecule has 2 aromatic heterocycles. The van der Waals surface area contributed by atoms with Gasteiger partial charge in [-0.05, 0) is 32.8 Å². The van der Waals surface area contributed by atoms with Gasteiger partial charge >= 0.3 is 6.01 Å². The van der Waals surface area contributed by atoms with Gasteiger partial charge < -0.3 is 9.64 Å². The molecule has 0 aromatic carbocycles. The second kappa shape index (κ2) is 6.25. The Morgan fingerprint density at radius 2 is 2.09 bits per heavy atom. The third kappa shape index (κ3) is 3.16. The third-order valence-electron chi connectivity index (χ3n) is 3.96. The number of aromatic nitrogens is 4. The van der Waals surface area contributed by atoms with Crippen molar-refractivity contribution in [1.82, 2.24) is 19.9 Å². The van der Waals surface area contributed by atoms with Crippen molar-refractivity contribution in [2.75, 3.05) is 25.1 Å². The van der Waals surface area contributed by atoms with Crippen molar-refractivity contribution >= 4 is 5.82 Å². The molecule has 0 bridgehead atoms. The quantitative estimate of drug-likeness (QED) is 0.866. The monoisotopic (exact) mass is 299 g/mol. The number of methoxy groups -OCH3 is 1. The summed E-state index contributed by atoms with van der Waals surface area (Å²) in [5, 5.41) is 0. The predicted octanol–water partition coefficient (Wildman–Crippen LogP) is 2.28. The maximum atomic E-state index is 5.18. The summed E-state index contributed by atoms with van der Waals surface area (Å²) in [5.41, 5.74) is 2.04. The zero-order valence-electron chi connectivity index (χ0n) is 13.3. The first-order chi connectivity index (χ1) is 10.7. The highest BCUT2D eigenvalue weighted by Crippen LogP contribution is 2.28. The normalized spacial score (nSPS) is 18.3. The largest absolute Gasteiger partial charge is 0.467 e. The standard InChI is InChI=1S/C16H21N5O/c1-11-9-15(20-16(18-11)22-3)21-8-4-5-13(10-21)14-6-7-17-12(2)19-14/h6-7,9,13H,4-5,8,10H2,1-3H3. The second-order valence-corrected chi connectivity index (χ2v) is 5.67. The van der Waals surface area contributed by atoms with Crippen LogP contribution in [-0.4, -0.2) is 40.1 Å². The molecule has 1 aliphatic heterocycles. The molecule has 0 saturated carbocycles. The lowest BCUT2D eigenvalue weighted by Gasteiger charge is -2.33. The summed E-state index contributed by atoms with van der Waals surface area (Å²) < 4.78 is 5.18. The van der Waals surface area contributed by atoms with Crippen molar-refractivity contribution in [3.05, 3.63) is 35.5 Å². The van der Waals surface area contributed by atoms with Crippen LogP contribution >= 0.6 is 0 Å². The molecule has 0 radical (unpaired) electrons. The molecule has 0 N–H and O–H groups in total. The molecular weight excluding hydrogens is 278 g/mol. The van der Waals surface area contributed by atoms with Gasteiger partial charge in [0.2, 0.25) is 0 Å². The van der Waals surface area contributed by atoms with E-state index in [2.05, 4.69) is 24.8 Å². The summed E-state index contributed by atoms with van der Waals surface area (Å²) in [6, 6.07) is 4.46. The van der Waals surface area contributed by atoms with Crippen molar-refractivity contribution in [3.8, 4) is 6.01 Å². The molecule has 3 heterocycles. The lowest BCUT2D eigenvalue weighted by molar-refractivity contribution is 0.377. The summed E-state index contributed by atoms with van der Waals surface area (Å²) in [7, 11) is 1.60. The Balaban J connectivity index is 1.82. The SMILES string of the molecule is COc1nc(C)cc(N2CCCC(c3ccnc(C)n3)C2)n1. The Morgan fingerprint density at radius 1 is 1.23 bits per heavy atom. The van der Waals surface area contributed by atoms with Crippen molar-refractivity contribution in [3.63, 3.8) is 0 Å². The maximum absolute atomic E-state index is 5.18. The lowest BCUT2D eigenvalue weighted by atomic mass is 9.94. The van der Waals surface area contributed by atoms with E-state index < -0.39 is 0 Å². The van der Waals surface area contributed by atoms with E-state index in [1.54, 1.807) is 7.11 Å². The molecule has 2 aromatic rings. The molecule has 0 amide bonds. The molecule has 6 heteroatoms. The van der Waals surface area contributed by atoms with Crippen LogP contribution in [0.5, 0.6) is 6.01 Å². The number of ether oxygens (including phenoxy) is 1. The summed E-state index contributed by atoms with van der Waals surface area (Å²) in [5.74, 6) is 2.17. The Labute approximate surface area is 130 Å². The molecule has 116 valence electrons. The fourth-order valence-corrected chi connectivity index (χ4v) is 2.91. The number of nitrogens with zero attached hydrogens (tertiary/aromatic N) is 5. The Bertz CT molecular complexity index is 661. The van der Waals surface area contributed by atoms with Crippen molar-refractivity contribution in [1.29, 1.82) is 0 Å². The van der Waals surface area contributed by atoms with Gasteiger partial charge in [-0.15, -0.1) is 0 Å². The van der Waals surface area contributed by atoms with E-state index in [0.29, 0.717) is 11.9 Å². The molecule has 1 saturated heterocycles. The lowest BCUT2D eigenvalue weighted by Crippen LogP contribution is -2.35. The van der Waals surface area contributed by atoms with Gasteiger partial charge in [0.15, 0.2) is 0 Å². The van der Waals surface area contributed by atoms with Crippen LogP contribution in [0.25, 0.3) is 0 Å². The van der Waals surface area contributed by atoms with E-state index in [9.17, 15) is 0 Å². The molecule has 1 atom stereocenters. The van der Waals surface area contributed by atoms with Gasteiger partial charge in [-0.1, -0.05) is 0 Å². The highest BCUT2D eigenvalue weighted by molar-refractivity contribution is 5.42. The van der Waals surface area contributed by atoms with Crippen LogP contribution in [0.4, 0.5) is 5.82 Å². The Hall–Kier alpha value is -2.24. The van der Waals surface area contributed by atoms with Gasteiger partial charge in [-0.3, -0.25) is 0 Å². The van der Waals surface area contributed by atoms with Gasteiger partial charge in [0.1, 0.15) is 11.6 Å². The summed E-state index contributed by atoms with van der Waals surface area (Å²) >= 11 is 0. The average Bonchev–Trinajstić information content (AvgIpc) is 2.54. The van der Waals surface area contributed by atoms with Gasteiger partial charge in [0, 0.05) is 42.7 Å². The zero-order chi connectivity index (χ0) is 15.5. The maximum Gasteiger partial charge on any atom is 0.318 e. The average molecular weight is 299 g/mol. The van der Waals surface area contributed by atoms with Crippen molar-refractivity contribution < 1.29 is 4.74 Å². The van der Waals surface area contributed by atoms with Crippen LogP contribution in [0.2, 0.25) is 0 Å². The topological polar surface area (TPSA) is 64.0 Å². The van der Waals surface area contributed by atoms with E-state index in [0.717, 1.165) is 49.0 Å². The van der Waals surface area contributed by atoms with Gasteiger partial charge in [0.05, 0.1) is 7.11 Å². The Morgan fingerprint density at radius 3 is 2.86 bits per heavy atom. The van der Waals surface area contributed by atoms with Crippen LogP contribution in [-0.2, 0) is 0 Å². The first-order valence-corrected chi connectivity index (χ1v) is 7.60. The summed E-state index contributed by atoms with van der Waals surface area (Å²) in [6.45, 7) is 5.81. The van der Waals surface area contributed by atoms with E-state index in [1.165, 1.54) is 0 Å². The number of hydrogen-bond acceptors (Lipinski definition) is 6. The minimum Gasteiger partial charge on any atom is -0.467 e. The summed E-state index contributed by atoms with van der Waals surface area (Å²) in [4.78, 5) is 19.8. The molecular formula is C16H21N5O. The molecule has 0 aliphatic carbocycles. The van der Waals surface area contributed by atoms with E-state index in [1.807, 2.05) is 32.2 Å². The fraction of sp³-hybridized carbons (Fsp3) is 0.500.